The zero-order chi connectivity index (χ0) is 17.1. The van der Waals surface area contributed by atoms with Crippen molar-refractivity contribution in [3.63, 3.8) is 0 Å². The third-order valence-corrected chi connectivity index (χ3v) is 4.61. The summed E-state index contributed by atoms with van der Waals surface area (Å²) in [7, 11) is 0. The maximum Gasteiger partial charge on any atom is 0.319 e. The number of halogens is 3. The number of hydrogen-bond donors (Lipinski definition) is 2. The Balaban J connectivity index is 1.57. The molecular formula is C17H16BrF2N3O. The van der Waals surface area contributed by atoms with E-state index < -0.39 is 11.6 Å². The summed E-state index contributed by atoms with van der Waals surface area (Å²) in [6, 6.07) is 10.8. The first kappa shape index (κ1) is 16.7. The van der Waals surface area contributed by atoms with Gasteiger partial charge in [-0.3, -0.25) is 0 Å². The molecule has 126 valence electrons. The molecule has 1 fully saturated rings. The van der Waals surface area contributed by atoms with Crippen LogP contribution in [0.3, 0.4) is 0 Å². The monoisotopic (exact) mass is 395 g/mol. The van der Waals surface area contributed by atoms with Gasteiger partial charge in [0.2, 0.25) is 0 Å². The van der Waals surface area contributed by atoms with Crippen molar-refractivity contribution in [3.8, 4) is 0 Å². The van der Waals surface area contributed by atoms with Gasteiger partial charge in [0.1, 0.15) is 0 Å². The Hall–Kier alpha value is -2.15. The first-order valence-corrected chi connectivity index (χ1v) is 8.34. The molecule has 2 aromatic carbocycles. The highest BCUT2D eigenvalue weighted by atomic mass is 79.9. The number of benzene rings is 2. The molecule has 24 heavy (non-hydrogen) atoms. The highest BCUT2D eigenvalue weighted by Gasteiger charge is 2.24. The number of amides is 2. The number of urea groups is 1. The molecule has 4 nitrogen and oxygen atoms in total. The first-order chi connectivity index (χ1) is 11.5. The summed E-state index contributed by atoms with van der Waals surface area (Å²) in [5, 5.41) is 5.68. The fraction of sp³-hybridized carbons (Fsp3) is 0.235. The number of carbonyl (C=O) groups excluding carboxylic acids is 1. The van der Waals surface area contributed by atoms with Gasteiger partial charge in [-0.2, -0.15) is 0 Å². The summed E-state index contributed by atoms with van der Waals surface area (Å²) in [5.74, 6) is -1.73. The van der Waals surface area contributed by atoms with Crippen molar-refractivity contribution in [3.05, 3.63) is 58.6 Å². The fourth-order valence-electron chi connectivity index (χ4n) is 2.70. The van der Waals surface area contributed by atoms with Gasteiger partial charge in [-0.05, 0) is 46.6 Å². The number of nitrogens with zero attached hydrogens (tertiary/aromatic N) is 1. The smallest absolute Gasteiger partial charge is 0.319 e. The van der Waals surface area contributed by atoms with Gasteiger partial charge in [0, 0.05) is 35.4 Å². The molecule has 1 aliphatic heterocycles. The Morgan fingerprint density at radius 1 is 1.17 bits per heavy atom. The van der Waals surface area contributed by atoms with E-state index in [1.807, 2.05) is 23.1 Å². The summed E-state index contributed by atoms with van der Waals surface area (Å²) >= 11 is 3.37. The SMILES string of the molecule is O=C(Nc1ccccc1Br)NC1CCN(c2ccc(F)c(F)c2)C1. The van der Waals surface area contributed by atoms with E-state index in [0.29, 0.717) is 24.5 Å². The van der Waals surface area contributed by atoms with Gasteiger partial charge < -0.3 is 15.5 Å². The lowest BCUT2D eigenvalue weighted by Crippen LogP contribution is -2.39. The highest BCUT2D eigenvalue weighted by molar-refractivity contribution is 9.10. The number of carbonyl (C=O) groups is 1. The molecule has 1 saturated heterocycles. The van der Waals surface area contributed by atoms with Crippen molar-refractivity contribution in [1.82, 2.24) is 5.32 Å². The number of para-hydroxylation sites is 1. The Morgan fingerprint density at radius 3 is 2.71 bits per heavy atom. The second-order valence-corrected chi connectivity index (χ2v) is 6.46. The van der Waals surface area contributed by atoms with Gasteiger partial charge in [0.25, 0.3) is 0 Å². The Labute approximate surface area is 147 Å². The molecule has 0 aliphatic carbocycles. The molecule has 1 unspecified atom stereocenters. The molecule has 1 aliphatic rings. The van der Waals surface area contributed by atoms with Crippen LogP contribution >= 0.6 is 15.9 Å². The van der Waals surface area contributed by atoms with Crippen molar-refractivity contribution in [1.29, 1.82) is 0 Å². The van der Waals surface area contributed by atoms with Gasteiger partial charge in [-0.1, -0.05) is 12.1 Å². The number of anilines is 2. The van der Waals surface area contributed by atoms with Crippen LogP contribution < -0.4 is 15.5 Å². The van der Waals surface area contributed by atoms with Crippen LogP contribution in [-0.2, 0) is 0 Å². The van der Waals surface area contributed by atoms with E-state index >= 15 is 0 Å². The standard InChI is InChI=1S/C17H16BrF2N3O/c18-13-3-1-2-4-16(13)22-17(24)21-11-7-8-23(10-11)12-5-6-14(19)15(20)9-12/h1-6,9,11H,7-8,10H2,(H2,21,22,24). The van der Waals surface area contributed by atoms with Gasteiger partial charge in [0.15, 0.2) is 11.6 Å². The lowest BCUT2D eigenvalue weighted by molar-refractivity contribution is 0.249. The van der Waals surface area contributed by atoms with Crippen LogP contribution in [0.5, 0.6) is 0 Å². The lowest BCUT2D eigenvalue weighted by atomic mass is 10.2. The summed E-state index contributed by atoms with van der Waals surface area (Å²) < 4.78 is 27.1. The molecular weight excluding hydrogens is 380 g/mol. The van der Waals surface area contributed by atoms with E-state index in [1.165, 1.54) is 6.07 Å². The Bertz CT molecular complexity index is 756. The minimum atomic E-state index is -0.865. The molecule has 2 aromatic rings. The number of rotatable bonds is 3. The maximum atomic E-state index is 13.3. The molecule has 7 heteroatoms. The lowest BCUT2D eigenvalue weighted by Gasteiger charge is -2.19. The maximum absolute atomic E-state index is 13.3. The summed E-state index contributed by atoms with van der Waals surface area (Å²) in [6.45, 7) is 1.22. The van der Waals surface area contributed by atoms with Crippen LogP contribution in [0.2, 0.25) is 0 Å². The average molecular weight is 396 g/mol. The molecule has 0 radical (unpaired) electrons. The largest absolute Gasteiger partial charge is 0.369 e. The molecule has 2 N–H and O–H groups in total. The minimum Gasteiger partial charge on any atom is -0.369 e. The van der Waals surface area contributed by atoms with Crippen molar-refractivity contribution >= 4 is 33.3 Å². The summed E-state index contributed by atoms with van der Waals surface area (Å²) in [6.07, 6.45) is 0.738. The molecule has 0 saturated carbocycles. The van der Waals surface area contributed by atoms with Crippen LogP contribution in [0.4, 0.5) is 25.0 Å². The zero-order valence-corrected chi connectivity index (χ0v) is 14.3. The predicted molar refractivity (Wildman–Crippen MR) is 93.3 cm³/mol. The third kappa shape index (κ3) is 3.84. The summed E-state index contributed by atoms with van der Waals surface area (Å²) in [4.78, 5) is 14.0. The van der Waals surface area contributed by atoms with Gasteiger partial charge in [-0.15, -0.1) is 0 Å². The minimum absolute atomic E-state index is 0.0550. The molecule has 0 bridgehead atoms. The molecule has 0 spiro atoms. The molecule has 3 rings (SSSR count). The van der Waals surface area contributed by atoms with Crippen molar-refractivity contribution in [2.75, 3.05) is 23.3 Å². The zero-order valence-electron chi connectivity index (χ0n) is 12.7. The van der Waals surface area contributed by atoms with Gasteiger partial charge in [-0.25, -0.2) is 13.6 Å². The van der Waals surface area contributed by atoms with Crippen molar-refractivity contribution < 1.29 is 13.6 Å². The molecule has 2 amide bonds. The van der Waals surface area contributed by atoms with Crippen LogP contribution in [0.25, 0.3) is 0 Å². The second kappa shape index (κ2) is 7.17. The average Bonchev–Trinajstić information content (AvgIpc) is 3.00. The number of hydrogen-bond acceptors (Lipinski definition) is 2. The van der Waals surface area contributed by atoms with Crippen LogP contribution in [0.1, 0.15) is 6.42 Å². The first-order valence-electron chi connectivity index (χ1n) is 7.55. The van der Waals surface area contributed by atoms with Gasteiger partial charge >= 0.3 is 6.03 Å². The van der Waals surface area contributed by atoms with E-state index in [-0.39, 0.29) is 12.1 Å². The quantitative estimate of drug-likeness (QED) is 0.820. The second-order valence-electron chi connectivity index (χ2n) is 5.61. The summed E-state index contributed by atoms with van der Waals surface area (Å²) in [5.41, 5.74) is 1.30. The van der Waals surface area contributed by atoms with Crippen LogP contribution in [0.15, 0.2) is 46.9 Å². The van der Waals surface area contributed by atoms with Crippen molar-refractivity contribution in [2.24, 2.45) is 0 Å². The van der Waals surface area contributed by atoms with Gasteiger partial charge in [0.05, 0.1) is 5.69 Å². The molecule has 1 heterocycles. The van der Waals surface area contributed by atoms with E-state index in [0.717, 1.165) is 17.0 Å². The van der Waals surface area contributed by atoms with Crippen molar-refractivity contribution in [2.45, 2.75) is 12.5 Å². The van der Waals surface area contributed by atoms with E-state index in [4.69, 9.17) is 0 Å². The topological polar surface area (TPSA) is 44.4 Å². The fourth-order valence-corrected chi connectivity index (χ4v) is 3.08. The number of nitrogens with one attached hydrogen (secondary N) is 2. The normalized spacial score (nSPS) is 17.0. The van der Waals surface area contributed by atoms with Crippen LogP contribution in [0, 0.1) is 11.6 Å². The van der Waals surface area contributed by atoms with Crippen LogP contribution in [-0.4, -0.2) is 25.2 Å². The van der Waals surface area contributed by atoms with E-state index in [2.05, 4.69) is 26.6 Å². The molecule has 0 aromatic heterocycles. The Morgan fingerprint density at radius 2 is 1.96 bits per heavy atom. The van der Waals surface area contributed by atoms with E-state index in [1.54, 1.807) is 12.1 Å². The highest BCUT2D eigenvalue weighted by Crippen LogP contribution is 2.23. The van der Waals surface area contributed by atoms with E-state index in [9.17, 15) is 13.6 Å². The third-order valence-electron chi connectivity index (χ3n) is 3.91. The Kier molecular flexibility index (Phi) is 4.99. The molecule has 1 atom stereocenters. The predicted octanol–water partition coefficient (Wildman–Crippen LogP) is 4.13.